The fourth-order valence-corrected chi connectivity index (χ4v) is 2.37. The van der Waals surface area contributed by atoms with Gasteiger partial charge in [-0.05, 0) is 30.5 Å². The van der Waals surface area contributed by atoms with Crippen molar-refractivity contribution < 1.29 is 4.39 Å². The van der Waals surface area contributed by atoms with E-state index in [1.165, 1.54) is 0 Å². The molecule has 2 rings (SSSR count). The first-order chi connectivity index (χ1) is 7.83. The van der Waals surface area contributed by atoms with E-state index in [-0.39, 0.29) is 5.92 Å². The number of nitrogens with one attached hydrogen (secondary N) is 1. The van der Waals surface area contributed by atoms with Crippen LogP contribution in [0, 0.1) is 5.92 Å². The molecule has 0 bridgehead atoms. The van der Waals surface area contributed by atoms with Gasteiger partial charge in [-0.25, -0.2) is 4.39 Å². The van der Waals surface area contributed by atoms with Gasteiger partial charge in [0.25, 0.3) is 0 Å². The molecule has 2 atom stereocenters. The van der Waals surface area contributed by atoms with E-state index in [1.54, 1.807) is 0 Å². The second-order valence-corrected chi connectivity index (χ2v) is 4.41. The van der Waals surface area contributed by atoms with Crippen LogP contribution in [-0.2, 0) is 6.54 Å². The largest absolute Gasteiger partial charge is 0.326 e. The standard InChI is InChI=1S/C13H19FN2/c14-13(11-5-3-7-16-9-11)12-6-2-1-4-10(12)8-15/h1-2,4,6,11,13,16H,3,5,7-9,15H2. The highest BCUT2D eigenvalue weighted by Crippen LogP contribution is 2.32. The molecule has 16 heavy (non-hydrogen) atoms. The predicted molar refractivity (Wildman–Crippen MR) is 63.8 cm³/mol. The lowest BCUT2D eigenvalue weighted by Crippen LogP contribution is -2.32. The van der Waals surface area contributed by atoms with Crippen LogP contribution in [-0.4, -0.2) is 13.1 Å². The highest BCUT2D eigenvalue weighted by Gasteiger charge is 2.25. The summed E-state index contributed by atoms with van der Waals surface area (Å²) in [4.78, 5) is 0. The number of benzene rings is 1. The lowest BCUT2D eigenvalue weighted by molar-refractivity contribution is 0.193. The molecular formula is C13H19FN2. The lowest BCUT2D eigenvalue weighted by atomic mass is 9.88. The van der Waals surface area contributed by atoms with Crippen LogP contribution in [0.15, 0.2) is 24.3 Å². The van der Waals surface area contributed by atoms with Crippen molar-refractivity contribution in [3.05, 3.63) is 35.4 Å². The Labute approximate surface area is 96.0 Å². The number of rotatable bonds is 3. The summed E-state index contributed by atoms with van der Waals surface area (Å²) in [5, 5.41) is 3.25. The van der Waals surface area contributed by atoms with E-state index in [0.717, 1.165) is 37.1 Å². The van der Waals surface area contributed by atoms with Crippen molar-refractivity contribution in [2.24, 2.45) is 11.7 Å². The van der Waals surface area contributed by atoms with E-state index in [9.17, 15) is 4.39 Å². The van der Waals surface area contributed by atoms with Crippen LogP contribution in [0.3, 0.4) is 0 Å². The molecule has 0 aliphatic carbocycles. The SMILES string of the molecule is NCc1ccccc1C(F)C1CCCNC1. The maximum Gasteiger partial charge on any atom is 0.129 e. The quantitative estimate of drug-likeness (QED) is 0.822. The van der Waals surface area contributed by atoms with Gasteiger partial charge in [0.15, 0.2) is 0 Å². The molecule has 0 radical (unpaired) electrons. The van der Waals surface area contributed by atoms with Crippen molar-refractivity contribution in [2.75, 3.05) is 13.1 Å². The molecular weight excluding hydrogens is 203 g/mol. The van der Waals surface area contributed by atoms with Gasteiger partial charge in [0.1, 0.15) is 6.17 Å². The summed E-state index contributed by atoms with van der Waals surface area (Å²) in [6.45, 7) is 2.21. The van der Waals surface area contributed by atoms with Gasteiger partial charge in [0.05, 0.1) is 0 Å². The predicted octanol–water partition coefficient (Wildman–Crippen LogP) is 2.16. The average Bonchev–Trinajstić information content (AvgIpc) is 2.39. The smallest absolute Gasteiger partial charge is 0.129 e. The zero-order chi connectivity index (χ0) is 11.4. The monoisotopic (exact) mass is 222 g/mol. The molecule has 2 nitrogen and oxygen atoms in total. The van der Waals surface area contributed by atoms with Gasteiger partial charge in [-0.2, -0.15) is 0 Å². The number of halogens is 1. The van der Waals surface area contributed by atoms with Crippen molar-refractivity contribution in [2.45, 2.75) is 25.6 Å². The number of nitrogens with two attached hydrogens (primary N) is 1. The topological polar surface area (TPSA) is 38.0 Å². The molecule has 0 saturated carbocycles. The Bertz CT molecular complexity index is 334. The van der Waals surface area contributed by atoms with E-state index < -0.39 is 6.17 Å². The molecule has 0 spiro atoms. The van der Waals surface area contributed by atoms with Gasteiger partial charge in [-0.15, -0.1) is 0 Å². The number of hydrogen-bond donors (Lipinski definition) is 2. The van der Waals surface area contributed by atoms with Crippen molar-refractivity contribution >= 4 is 0 Å². The van der Waals surface area contributed by atoms with E-state index >= 15 is 0 Å². The summed E-state index contributed by atoms with van der Waals surface area (Å²) in [6.07, 6.45) is 1.15. The van der Waals surface area contributed by atoms with Crippen LogP contribution in [0.25, 0.3) is 0 Å². The molecule has 1 heterocycles. The second-order valence-electron chi connectivity index (χ2n) is 4.41. The van der Waals surface area contributed by atoms with Gasteiger partial charge in [0, 0.05) is 19.0 Å². The number of alkyl halides is 1. The van der Waals surface area contributed by atoms with Crippen LogP contribution in [0.1, 0.15) is 30.1 Å². The fraction of sp³-hybridized carbons (Fsp3) is 0.538. The molecule has 2 unspecified atom stereocenters. The summed E-state index contributed by atoms with van der Waals surface area (Å²) in [5.74, 6) is 0.0986. The maximum absolute atomic E-state index is 14.4. The summed E-state index contributed by atoms with van der Waals surface area (Å²) >= 11 is 0. The zero-order valence-corrected chi connectivity index (χ0v) is 9.45. The summed E-state index contributed by atoms with van der Waals surface area (Å²) < 4.78 is 14.4. The third-order valence-electron chi connectivity index (χ3n) is 3.32. The highest BCUT2D eigenvalue weighted by molar-refractivity contribution is 5.29. The van der Waals surface area contributed by atoms with Gasteiger partial charge in [0.2, 0.25) is 0 Å². The zero-order valence-electron chi connectivity index (χ0n) is 9.45. The van der Waals surface area contributed by atoms with Crippen molar-refractivity contribution in [1.29, 1.82) is 0 Å². The molecule has 0 aromatic heterocycles. The molecule has 3 heteroatoms. The first-order valence-corrected chi connectivity index (χ1v) is 5.95. The Morgan fingerprint density at radius 3 is 2.94 bits per heavy atom. The number of hydrogen-bond acceptors (Lipinski definition) is 2. The summed E-state index contributed by atoms with van der Waals surface area (Å²) in [6, 6.07) is 7.58. The Hall–Kier alpha value is -0.930. The minimum Gasteiger partial charge on any atom is -0.326 e. The molecule has 0 amide bonds. The van der Waals surface area contributed by atoms with Gasteiger partial charge < -0.3 is 11.1 Å². The molecule has 88 valence electrons. The minimum atomic E-state index is -0.882. The molecule has 1 aromatic rings. The molecule has 1 aromatic carbocycles. The Balaban J connectivity index is 2.15. The van der Waals surface area contributed by atoms with Crippen LogP contribution >= 0.6 is 0 Å². The summed E-state index contributed by atoms with van der Waals surface area (Å²) in [7, 11) is 0. The Morgan fingerprint density at radius 1 is 1.44 bits per heavy atom. The maximum atomic E-state index is 14.4. The summed E-state index contributed by atoms with van der Waals surface area (Å²) in [5.41, 5.74) is 7.34. The highest BCUT2D eigenvalue weighted by atomic mass is 19.1. The minimum absolute atomic E-state index is 0.0986. The van der Waals surface area contributed by atoms with Crippen LogP contribution < -0.4 is 11.1 Å². The molecule has 3 N–H and O–H groups in total. The third kappa shape index (κ3) is 2.42. The third-order valence-corrected chi connectivity index (χ3v) is 3.32. The van der Waals surface area contributed by atoms with Crippen molar-refractivity contribution in [3.8, 4) is 0 Å². The molecule has 1 saturated heterocycles. The van der Waals surface area contributed by atoms with E-state index in [1.807, 2.05) is 24.3 Å². The second kappa shape index (κ2) is 5.41. The van der Waals surface area contributed by atoms with Crippen molar-refractivity contribution in [3.63, 3.8) is 0 Å². The average molecular weight is 222 g/mol. The van der Waals surface area contributed by atoms with Gasteiger partial charge in [-0.3, -0.25) is 0 Å². The van der Waals surface area contributed by atoms with Crippen LogP contribution in [0.4, 0.5) is 4.39 Å². The first kappa shape index (κ1) is 11.6. The first-order valence-electron chi connectivity index (χ1n) is 5.95. The van der Waals surface area contributed by atoms with Gasteiger partial charge in [-0.1, -0.05) is 24.3 Å². The fourth-order valence-electron chi connectivity index (χ4n) is 2.37. The van der Waals surface area contributed by atoms with E-state index in [2.05, 4.69) is 5.32 Å². The molecule has 1 aliphatic rings. The van der Waals surface area contributed by atoms with Crippen molar-refractivity contribution in [1.82, 2.24) is 5.32 Å². The van der Waals surface area contributed by atoms with Gasteiger partial charge >= 0.3 is 0 Å². The Morgan fingerprint density at radius 2 is 2.25 bits per heavy atom. The molecule has 1 aliphatic heterocycles. The van der Waals surface area contributed by atoms with E-state index in [4.69, 9.17) is 5.73 Å². The number of piperidine rings is 1. The normalized spacial score (nSPS) is 23.0. The Kier molecular flexibility index (Phi) is 3.91. The van der Waals surface area contributed by atoms with Crippen LogP contribution in [0.2, 0.25) is 0 Å². The lowest BCUT2D eigenvalue weighted by Gasteiger charge is -2.27. The van der Waals surface area contributed by atoms with Crippen LogP contribution in [0.5, 0.6) is 0 Å². The van der Waals surface area contributed by atoms with E-state index in [0.29, 0.717) is 6.54 Å². The molecule has 1 fully saturated rings.